The molecule has 0 bridgehead atoms. The molecule has 3 rings (SSSR count). The van der Waals surface area contributed by atoms with Gasteiger partial charge in [0.15, 0.2) is 10.8 Å². The molecule has 0 aliphatic carbocycles. The van der Waals surface area contributed by atoms with E-state index in [2.05, 4.69) is 15.3 Å². The standard InChI is InChI=1S/C14H16N4O3S/c1-19-7-6-12-15-16-14-18(12)17-13(22-14)10-5-4-9(20-2)8-11(10)21-3/h4-5,8H,6-7H2,1-3H3. The molecule has 0 radical (unpaired) electrons. The zero-order valence-corrected chi connectivity index (χ0v) is 13.4. The van der Waals surface area contributed by atoms with Gasteiger partial charge in [-0.1, -0.05) is 11.3 Å². The number of fused-ring (bicyclic) bond motifs is 1. The molecule has 7 nitrogen and oxygen atoms in total. The number of methoxy groups -OCH3 is 3. The van der Waals surface area contributed by atoms with Gasteiger partial charge in [0.1, 0.15) is 11.5 Å². The Balaban J connectivity index is 2.01. The summed E-state index contributed by atoms with van der Waals surface area (Å²) in [7, 11) is 4.91. The summed E-state index contributed by atoms with van der Waals surface area (Å²) in [6, 6.07) is 5.65. The lowest BCUT2D eigenvalue weighted by Crippen LogP contribution is -2.01. The van der Waals surface area contributed by atoms with Crippen LogP contribution < -0.4 is 9.47 Å². The molecule has 0 atom stereocenters. The number of ether oxygens (including phenoxy) is 3. The van der Waals surface area contributed by atoms with Gasteiger partial charge in [0.05, 0.1) is 26.4 Å². The van der Waals surface area contributed by atoms with Crippen LogP contribution in [0, 0.1) is 0 Å². The largest absolute Gasteiger partial charge is 0.497 e. The predicted octanol–water partition coefficient (Wildman–Crippen LogP) is 2.06. The second-order valence-electron chi connectivity index (χ2n) is 4.53. The number of rotatable bonds is 6. The van der Waals surface area contributed by atoms with E-state index in [1.165, 1.54) is 11.3 Å². The highest BCUT2D eigenvalue weighted by atomic mass is 32.1. The fraction of sp³-hybridized carbons (Fsp3) is 0.357. The molecular weight excluding hydrogens is 304 g/mol. The van der Waals surface area contributed by atoms with Crippen molar-refractivity contribution in [1.29, 1.82) is 0 Å². The Morgan fingerprint density at radius 1 is 1.14 bits per heavy atom. The number of hydrogen-bond donors (Lipinski definition) is 0. The minimum absolute atomic E-state index is 0.583. The summed E-state index contributed by atoms with van der Waals surface area (Å²) in [5, 5.41) is 13.7. The molecule has 22 heavy (non-hydrogen) atoms. The van der Waals surface area contributed by atoms with Crippen LogP contribution >= 0.6 is 11.3 Å². The lowest BCUT2D eigenvalue weighted by atomic mass is 10.2. The molecule has 1 aromatic carbocycles. The third-order valence-electron chi connectivity index (χ3n) is 3.22. The zero-order chi connectivity index (χ0) is 15.5. The summed E-state index contributed by atoms with van der Waals surface area (Å²) >= 11 is 1.46. The minimum atomic E-state index is 0.583. The lowest BCUT2D eigenvalue weighted by molar-refractivity contribution is 0.200. The van der Waals surface area contributed by atoms with Crippen LogP contribution in [0.3, 0.4) is 0 Å². The monoisotopic (exact) mass is 320 g/mol. The zero-order valence-electron chi connectivity index (χ0n) is 12.6. The Kier molecular flexibility index (Phi) is 4.21. The molecule has 0 spiro atoms. The Bertz CT molecular complexity index is 784. The quantitative estimate of drug-likeness (QED) is 0.692. The van der Waals surface area contributed by atoms with E-state index in [9.17, 15) is 0 Å². The second kappa shape index (κ2) is 6.29. The fourth-order valence-electron chi connectivity index (χ4n) is 2.09. The molecule has 0 unspecified atom stereocenters. The summed E-state index contributed by atoms with van der Waals surface area (Å²) in [6.45, 7) is 0.583. The van der Waals surface area contributed by atoms with E-state index in [1.807, 2.05) is 18.2 Å². The third-order valence-corrected chi connectivity index (χ3v) is 4.16. The summed E-state index contributed by atoms with van der Waals surface area (Å²) in [4.78, 5) is 0.749. The molecule has 0 aliphatic rings. The van der Waals surface area contributed by atoms with Gasteiger partial charge in [0.25, 0.3) is 0 Å². The van der Waals surface area contributed by atoms with Crippen LogP contribution in [0.5, 0.6) is 11.5 Å². The first-order valence-corrected chi connectivity index (χ1v) is 7.51. The van der Waals surface area contributed by atoms with E-state index in [0.29, 0.717) is 18.8 Å². The number of nitrogens with zero attached hydrogens (tertiary/aromatic N) is 4. The van der Waals surface area contributed by atoms with E-state index in [0.717, 1.165) is 27.1 Å². The molecular formula is C14H16N4O3S. The Labute approximate surface area is 131 Å². The number of aromatic nitrogens is 4. The molecule has 8 heteroatoms. The molecule has 0 aliphatic heterocycles. The smallest absolute Gasteiger partial charge is 0.234 e. The first-order chi connectivity index (χ1) is 10.8. The average molecular weight is 320 g/mol. The maximum absolute atomic E-state index is 5.43. The molecule has 0 N–H and O–H groups in total. The molecule has 2 aromatic heterocycles. The first-order valence-electron chi connectivity index (χ1n) is 6.69. The van der Waals surface area contributed by atoms with Gasteiger partial charge in [-0.25, -0.2) is 0 Å². The van der Waals surface area contributed by atoms with Crippen molar-refractivity contribution in [1.82, 2.24) is 19.8 Å². The molecule has 0 saturated carbocycles. The Morgan fingerprint density at radius 3 is 2.73 bits per heavy atom. The summed E-state index contributed by atoms with van der Waals surface area (Å²) in [5.41, 5.74) is 0.900. The van der Waals surface area contributed by atoms with Crippen LogP contribution in [0.15, 0.2) is 18.2 Å². The van der Waals surface area contributed by atoms with Crippen LogP contribution in [0.4, 0.5) is 0 Å². The number of hydrogen-bond acceptors (Lipinski definition) is 7. The molecule has 2 heterocycles. The predicted molar refractivity (Wildman–Crippen MR) is 82.8 cm³/mol. The summed E-state index contributed by atoms with van der Waals surface area (Å²) in [5.74, 6) is 2.24. The van der Waals surface area contributed by atoms with Gasteiger partial charge in [-0.3, -0.25) is 0 Å². The van der Waals surface area contributed by atoms with Gasteiger partial charge in [-0.2, -0.15) is 9.61 Å². The van der Waals surface area contributed by atoms with E-state index in [1.54, 1.807) is 25.8 Å². The van der Waals surface area contributed by atoms with Crippen molar-refractivity contribution in [2.24, 2.45) is 0 Å². The minimum Gasteiger partial charge on any atom is -0.497 e. The van der Waals surface area contributed by atoms with Crippen molar-refractivity contribution < 1.29 is 14.2 Å². The van der Waals surface area contributed by atoms with E-state index >= 15 is 0 Å². The van der Waals surface area contributed by atoms with Crippen LogP contribution in [0.25, 0.3) is 15.5 Å². The first kappa shape index (κ1) is 14.7. The Hall–Kier alpha value is -2.19. The normalized spacial score (nSPS) is 11.0. The van der Waals surface area contributed by atoms with Crippen molar-refractivity contribution in [3.63, 3.8) is 0 Å². The van der Waals surface area contributed by atoms with Gasteiger partial charge < -0.3 is 14.2 Å². The van der Waals surface area contributed by atoms with Crippen molar-refractivity contribution in [2.45, 2.75) is 6.42 Å². The SMILES string of the molecule is COCCc1nnc2sc(-c3ccc(OC)cc3OC)nn12. The third kappa shape index (κ3) is 2.62. The molecule has 3 aromatic rings. The van der Waals surface area contributed by atoms with Gasteiger partial charge in [0, 0.05) is 19.6 Å². The second-order valence-corrected chi connectivity index (χ2v) is 5.48. The van der Waals surface area contributed by atoms with Crippen LogP contribution in [-0.4, -0.2) is 47.7 Å². The summed E-state index contributed by atoms with van der Waals surface area (Å²) < 4.78 is 17.5. The van der Waals surface area contributed by atoms with Gasteiger partial charge in [-0.15, -0.1) is 10.2 Å². The van der Waals surface area contributed by atoms with Crippen molar-refractivity contribution in [2.75, 3.05) is 27.9 Å². The van der Waals surface area contributed by atoms with E-state index < -0.39 is 0 Å². The maximum Gasteiger partial charge on any atom is 0.234 e. The van der Waals surface area contributed by atoms with E-state index in [-0.39, 0.29) is 0 Å². The highest BCUT2D eigenvalue weighted by Crippen LogP contribution is 2.35. The topological polar surface area (TPSA) is 70.8 Å². The van der Waals surface area contributed by atoms with Crippen LogP contribution in [0.2, 0.25) is 0 Å². The number of benzene rings is 1. The van der Waals surface area contributed by atoms with Crippen LogP contribution in [-0.2, 0) is 11.2 Å². The Morgan fingerprint density at radius 2 is 2.00 bits per heavy atom. The van der Waals surface area contributed by atoms with Crippen LogP contribution in [0.1, 0.15) is 5.82 Å². The highest BCUT2D eigenvalue weighted by Gasteiger charge is 2.16. The molecule has 0 fully saturated rings. The highest BCUT2D eigenvalue weighted by molar-refractivity contribution is 7.19. The van der Waals surface area contributed by atoms with Gasteiger partial charge in [0.2, 0.25) is 4.96 Å². The van der Waals surface area contributed by atoms with Crippen molar-refractivity contribution in [3.8, 4) is 22.1 Å². The van der Waals surface area contributed by atoms with Gasteiger partial charge in [-0.05, 0) is 12.1 Å². The lowest BCUT2D eigenvalue weighted by Gasteiger charge is -2.07. The van der Waals surface area contributed by atoms with Crippen molar-refractivity contribution in [3.05, 3.63) is 24.0 Å². The maximum atomic E-state index is 5.43. The summed E-state index contributed by atoms with van der Waals surface area (Å²) in [6.07, 6.45) is 0.667. The fourth-order valence-corrected chi connectivity index (χ4v) is 2.98. The molecule has 0 amide bonds. The molecule has 116 valence electrons. The van der Waals surface area contributed by atoms with E-state index in [4.69, 9.17) is 14.2 Å². The molecule has 0 saturated heterocycles. The average Bonchev–Trinajstić information content (AvgIpc) is 3.13. The van der Waals surface area contributed by atoms with Gasteiger partial charge >= 0.3 is 0 Å². The van der Waals surface area contributed by atoms with Crippen molar-refractivity contribution >= 4 is 16.3 Å².